The number of carbonyl (C=O) groups excluding carboxylic acids is 7. The van der Waals surface area contributed by atoms with E-state index in [2.05, 4.69) is 26.3 Å². The van der Waals surface area contributed by atoms with Crippen LogP contribution in [0, 0.1) is 0 Å². The second-order valence-corrected chi connectivity index (χ2v) is 12.3. The number of rotatable bonds is 14. The van der Waals surface area contributed by atoms with Crippen LogP contribution in [-0.2, 0) is 14.4 Å². The van der Waals surface area contributed by atoms with E-state index in [4.69, 9.17) is 5.73 Å². The summed E-state index contributed by atoms with van der Waals surface area (Å²) in [4.78, 5) is 93.3. The van der Waals surface area contributed by atoms with Gasteiger partial charge < -0.3 is 21.7 Å². The van der Waals surface area contributed by atoms with E-state index in [1.807, 2.05) is 30.3 Å². The van der Waals surface area contributed by atoms with Crippen LogP contribution >= 0.6 is 0 Å². The largest absolute Gasteiger partial charge is 0.377 e. The number of pyridine rings is 1. The number of nitrogens with one attached hydrogen (secondary N) is 4. The highest BCUT2D eigenvalue weighted by molar-refractivity contribution is 6.25. The fourth-order valence-electron chi connectivity index (χ4n) is 6.19. The molecule has 0 radical (unpaired) electrons. The number of amides is 6. The maximum absolute atomic E-state index is 13.3. The smallest absolute Gasteiger partial charge is 0.264 e. The lowest BCUT2D eigenvalue weighted by molar-refractivity contribution is -0.136. The number of benzene rings is 3. The molecule has 0 spiro atoms. The van der Waals surface area contributed by atoms with Crippen molar-refractivity contribution in [2.75, 3.05) is 23.7 Å². The molecule has 3 heterocycles. The van der Waals surface area contributed by atoms with Crippen LogP contribution in [0.3, 0.4) is 0 Å². The molecule has 6 N–H and O–H groups in total. The summed E-state index contributed by atoms with van der Waals surface area (Å²) >= 11 is 0. The first-order valence-corrected chi connectivity index (χ1v) is 16.6. The number of primary amides is 1. The number of aromatic nitrogens is 1. The predicted molar refractivity (Wildman–Crippen MR) is 187 cm³/mol. The van der Waals surface area contributed by atoms with E-state index < -0.39 is 35.6 Å². The van der Waals surface area contributed by atoms with Crippen LogP contribution < -0.4 is 27.0 Å². The number of piperidine rings is 1. The van der Waals surface area contributed by atoms with E-state index in [0.717, 1.165) is 10.6 Å². The molecule has 0 aliphatic carbocycles. The van der Waals surface area contributed by atoms with E-state index in [9.17, 15) is 33.6 Å². The minimum atomic E-state index is -1.08. The third-order valence-corrected chi connectivity index (χ3v) is 8.80. The minimum absolute atomic E-state index is 0.0206. The lowest BCUT2D eigenvalue weighted by Crippen LogP contribution is -2.54. The highest BCUT2D eigenvalue weighted by Gasteiger charge is 2.45. The molecule has 0 saturated carbocycles. The number of nitrogens with two attached hydrogens (primary N) is 1. The van der Waals surface area contributed by atoms with Crippen LogP contribution in [0.4, 0.5) is 17.1 Å². The average molecular weight is 690 g/mol. The Morgan fingerprint density at radius 2 is 1.73 bits per heavy atom. The van der Waals surface area contributed by atoms with Gasteiger partial charge in [0.05, 0.1) is 34.4 Å². The van der Waals surface area contributed by atoms with E-state index >= 15 is 0 Å². The van der Waals surface area contributed by atoms with Crippen molar-refractivity contribution in [3.8, 4) is 0 Å². The summed E-state index contributed by atoms with van der Waals surface area (Å²) < 4.78 is 0. The summed E-state index contributed by atoms with van der Waals surface area (Å²) in [5, 5.41) is 11.8. The van der Waals surface area contributed by atoms with Gasteiger partial charge in [-0.15, -0.1) is 0 Å². The summed E-state index contributed by atoms with van der Waals surface area (Å²) in [6.07, 6.45) is 3.63. The Balaban J connectivity index is 0.977. The standard InChI is InChI=1S/C37H35N7O7/c38-33(47)26-20-41-27-14-13-21(18-25(27)32(26)42-22-8-3-1-4-9-22)34(48)39-17-6-2-5-10-23(45)19-40-28-12-7-11-24-31(28)37(51)44(36(24)50)29-15-16-30(46)43-35(29)49/h1,3-4,7-9,11-14,18,20,29,40H,2,5-6,10,15-17,19H2,(H2,38,47)(H,39,48)(H,41,42)(H,43,46,49). The second kappa shape index (κ2) is 15.0. The van der Waals surface area contributed by atoms with Crippen molar-refractivity contribution in [2.45, 2.75) is 44.6 Å². The zero-order valence-electron chi connectivity index (χ0n) is 27.5. The van der Waals surface area contributed by atoms with E-state index in [0.29, 0.717) is 53.6 Å². The second-order valence-electron chi connectivity index (χ2n) is 12.3. The SMILES string of the molecule is NC(=O)c1cnc2ccc(C(=O)NCCCCCC(=O)CNc3cccc4c3C(=O)N(C3CCC(=O)NC3=O)C4=O)cc2c1Nc1ccccc1. The predicted octanol–water partition coefficient (Wildman–Crippen LogP) is 3.45. The van der Waals surface area contributed by atoms with Gasteiger partial charge in [-0.2, -0.15) is 0 Å². The number of Topliss-reactive ketones (excluding diaryl/α,β-unsaturated/α-hetero) is 1. The summed E-state index contributed by atoms with van der Waals surface area (Å²) in [5.74, 6) is -3.47. The number of ketones is 1. The third-order valence-electron chi connectivity index (χ3n) is 8.80. The molecule has 0 bridgehead atoms. The molecule has 1 fully saturated rings. The lowest BCUT2D eigenvalue weighted by Gasteiger charge is -2.27. The van der Waals surface area contributed by atoms with Gasteiger partial charge in [-0.3, -0.25) is 48.8 Å². The molecule has 1 aromatic heterocycles. The average Bonchev–Trinajstić information content (AvgIpc) is 3.38. The molecule has 6 rings (SSSR count). The normalized spacial score (nSPS) is 15.4. The molecule has 260 valence electrons. The van der Waals surface area contributed by atoms with Crippen LogP contribution in [0.5, 0.6) is 0 Å². The fraction of sp³-hybridized carbons (Fsp3) is 0.243. The minimum Gasteiger partial charge on any atom is -0.377 e. The zero-order chi connectivity index (χ0) is 36.1. The topological polar surface area (TPSA) is 210 Å². The lowest BCUT2D eigenvalue weighted by atomic mass is 10.0. The van der Waals surface area contributed by atoms with Crippen LogP contribution in [0.25, 0.3) is 10.9 Å². The first-order chi connectivity index (χ1) is 24.6. The first kappa shape index (κ1) is 34.4. The molecule has 1 saturated heterocycles. The highest BCUT2D eigenvalue weighted by atomic mass is 16.2. The summed E-state index contributed by atoms with van der Waals surface area (Å²) in [7, 11) is 0. The summed E-state index contributed by atoms with van der Waals surface area (Å²) in [6, 6.07) is 17.9. The van der Waals surface area contributed by atoms with E-state index in [1.165, 1.54) is 12.3 Å². The molecular weight excluding hydrogens is 654 g/mol. The van der Waals surface area contributed by atoms with Gasteiger partial charge in [-0.25, -0.2) is 0 Å². The zero-order valence-corrected chi connectivity index (χ0v) is 27.5. The number of para-hydroxylation sites is 1. The molecule has 1 unspecified atom stereocenters. The maximum atomic E-state index is 13.3. The maximum Gasteiger partial charge on any atom is 0.264 e. The van der Waals surface area contributed by atoms with Gasteiger partial charge in [-0.1, -0.05) is 30.7 Å². The number of anilines is 3. The molecule has 3 aromatic carbocycles. The van der Waals surface area contributed by atoms with Gasteiger partial charge in [-0.05, 0) is 61.7 Å². The quantitative estimate of drug-likeness (QED) is 0.0962. The van der Waals surface area contributed by atoms with Crippen LogP contribution in [-0.4, -0.2) is 70.2 Å². The van der Waals surface area contributed by atoms with Crippen LogP contribution in [0.15, 0.2) is 72.9 Å². The molecular formula is C37H35N7O7. The number of fused-ring (bicyclic) bond motifs is 2. The van der Waals surface area contributed by atoms with Crippen LogP contribution in [0.1, 0.15) is 80.0 Å². The Hall–Kier alpha value is -6.44. The molecule has 6 amide bonds. The van der Waals surface area contributed by atoms with Crippen molar-refractivity contribution in [3.05, 3.63) is 95.2 Å². The fourth-order valence-corrected chi connectivity index (χ4v) is 6.19. The Bertz CT molecular complexity index is 2080. The Kier molecular flexibility index (Phi) is 10.1. The number of hydrogen-bond donors (Lipinski definition) is 5. The molecule has 4 aromatic rings. The summed E-state index contributed by atoms with van der Waals surface area (Å²) in [6.45, 7) is 0.316. The molecule has 2 aliphatic rings. The summed E-state index contributed by atoms with van der Waals surface area (Å²) in [5.41, 5.74) is 8.52. The highest BCUT2D eigenvalue weighted by Crippen LogP contribution is 2.33. The van der Waals surface area contributed by atoms with Crippen molar-refractivity contribution in [1.29, 1.82) is 0 Å². The van der Waals surface area contributed by atoms with Crippen molar-refractivity contribution < 1.29 is 33.6 Å². The Morgan fingerprint density at radius 3 is 2.49 bits per heavy atom. The van der Waals surface area contributed by atoms with Crippen LogP contribution in [0.2, 0.25) is 0 Å². The number of nitrogens with zero attached hydrogens (tertiary/aromatic N) is 2. The van der Waals surface area contributed by atoms with Crippen molar-refractivity contribution in [1.82, 2.24) is 20.5 Å². The van der Waals surface area contributed by atoms with Gasteiger partial charge in [0.1, 0.15) is 6.04 Å². The van der Waals surface area contributed by atoms with Gasteiger partial charge in [0.25, 0.3) is 23.6 Å². The van der Waals surface area contributed by atoms with E-state index in [-0.39, 0.29) is 54.2 Å². The molecule has 1 atom stereocenters. The van der Waals surface area contributed by atoms with E-state index in [1.54, 1.807) is 30.3 Å². The van der Waals surface area contributed by atoms with Gasteiger partial charge in [0.15, 0.2) is 5.78 Å². The molecule has 51 heavy (non-hydrogen) atoms. The van der Waals surface area contributed by atoms with Gasteiger partial charge in [0.2, 0.25) is 11.8 Å². The van der Waals surface area contributed by atoms with Crippen molar-refractivity contribution in [2.24, 2.45) is 5.73 Å². The number of hydrogen-bond acceptors (Lipinski definition) is 10. The Morgan fingerprint density at radius 1 is 0.922 bits per heavy atom. The number of carbonyl (C=O) groups is 7. The Labute approximate surface area is 292 Å². The van der Waals surface area contributed by atoms with Crippen molar-refractivity contribution >= 4 is 69.2 Å². The molecule has 2 aliphatic heterocycles. The first-order valence-electron chi connectivity index (χ1n) is 16.6. The molecule has 14 nitrogen and oxygen atoms in total. The molecule has 14 heteroatoms. The number of unbranched alkanes of at least 4 members (excludes halogenated alkanes) is 2. The monoisotopic (exact) mass is 689 g/mol. The van der Waals surface area contributed by atoms with Crippen molar-refractivity contribution in [3.63, 3.8) is 0 Å². The van der Waals surface area contributed by atoms with Gasteiger partial charge >= 0.3 is 0 Å². The third kappa shape index (κ3) is 7.44. The number of imide groups is 2. The van der Waals surface area contributed by atoms with Gasteiger partial charge in [0, 0.05) is 47.9 Å².